The number of methoxy groups -OCH3 is 1. The number of hydrogen-bond acceptors (Lipinski definition) is 5. The molecule has 2 heterocycles. The third kappa shape index (κ3) is 4.11. The van der Waals surface area contributed by atoms with Gasteiger partial charge in [-0.15, -0.1) is 0 Å². The second kappa shape index (κ2) is 7.92. The molecule has 0 bridgehead atoms. The van der Waals surface area contributed by atoms with Gasteiger partial charge in [-0.2, -0.15) is 0 Å². The lowest BCUT2D eigenvalue weighted by molar-refractivity contribution is -0.125. The number of ether oxygens (including phenoxy) is 2. The molecule has 2 N–H and O–H groups in total. The summed E-state index contributed by atoms with van der Waals surface area (Å²) >= 11 is 0. The minimum Gasteiger partial charge on any atom is -0.475 e. The highest BCUT2D eigenvalue weighted by molar-refractivity contribution is 5.79. The van der Waals surface area contributed by atoms with Crippen molar-refractivity contribution < 1.29 is 14.3 Å². The number of hydrogen-bond donors (Lipinski definition) is 2. The first-order valence-electron chi connectivity index (χ1n) is 8.11. The van der Waals surface area contributed by atoms with Crippen LogP contribution in [-0.2, 0) is 28.9 Å². The normalized spacial score (nSPS) is 16.5. The van der Waals surface area contributed by atoms with Gasteiger partial charge in [-0.25, -0.2) is 9.97 Å². The molecule has 1 aliphatic rings. The van der Waals surface area contributed by atoms with E-state index in [-0.39, 0.29) is 11.8 Å². The van der Waals surface area contributed by atoms with Gasteiger partial charge in [0.15, 0.2) is 0 Å². The lowest BCUT2D eigenvalue weighted by atomic mass is 9.89. The van der Waals surface area contributed by atoms with E-state index in [0.29, 0.717) is 25.6 Å². The summed E-state index contributed by atoms with van der Waals surface area (Å²) in [7, 11) is 1.63. The molecule has 0 aromatic carbocycles. The summed E-state index contributed by atoms with van der Waals surface area (Å²) in [6, 6.07) is 3.71. The zero-order chi connectivity index (χ0) is 16.8. The number of imidazole rings is 1. The number of amides is 1. The Morgan fingerprint density at radius 1 is 1.38 bits per heavy atom. The van der Waals surface area contributed by atoms with Crippen LogP contribution in [-0.4, -0.2) is 41.2 Å². The molecule has 0 spiro atoms. The topological polar surface area (TPSA) is 89.1 Å². The summed E-state index contributed by atoms with van der Waals surface area (Å²) in [5.41, 5.74) is 3.12. The van der Waals surface area contributed by atoms with E-state index < -0.39 is 0 Å². The zero-order valence-electron chi connectivity index (χ0n) is 13.7. The van der Waals surface area contributed by atoms with Crippen LogP contribution in [0, 0.1) is 5.92 Å². The molecule has 0 saturated heterocycles. The molecule has 0 saturated carbocycles. The van der Waals surface area contributed by atoms with Gasteiger partial charge in [0, 0.05) is 44.0 Å². The van der Waals surface area contributed by atoms with Gasteiger partial charge in [0.25, 0.3) is 0 Å². The van der Waals surface area contributed by atoms with Crippen molar-refractivity contribution in [3.63, 3.8) is 0 Å². The fourth-order valence-corrected chi connectivity index (χ4v) is 2.79. The highest BCUT2D eigenvalue weighted by Gasteiger charge is 2.25. The van der Waals surface area contributed by atoms with E-state index in [1.165, 1.54) is 0 Å². The first-order valence-corrected chi connectivity index (χ1v) is 8.11. The molecule has 128 valence electrons. The summed E-state index contributed by atoms with van der Waals surface area (Å²) in [5.74, 6) is 0.638. The highest BCUT2D eigenvalue weighted by Crippen LogP contribution is 2.23. The number of H-pyrrole nitrogens is 1. The van der Waals surface area contributed by atoms with Crippen LogP contribution < -0.4 is 10.1 Å². The number of pyridine rings is 1. The third-order valence-corrected chi connectivity index (χ3v) is 4.16. The average molecular weight is 330 g/mol. The number of nitrogens with one attached hydrogen (secondary N) is 2. The quantitative estimate of drug-likeness (QED) is 0.746. The minimum absolute atomic E-state index is 0.00237. The molecule has 1 amide bonds. The van der Waals surface area contributed by atoms with E-state index >= 15 is 0 Å². The maximum absolute atomic E-state index is 12.3. The molecule has 0 aliphatic heterocycles. The molecule has 7 nitrogen and oxygen atoms in total. The molecule has 3 rings (SSSR count). The van der Waals surface area contributed by atoms with Crippen molar-refractivity contribution in [1.82, 2.24) is 20.3 Å². The van der Waals surface area contributed by atoms with Crippen LogP contribution in [0.15, 0.2) is 24.7 Å². The summed E-state index contributed by atoms with van der Waals surface area (Å²) in [6.07, 6.45) is 5.84. The fraction of sp³-hybridized carbons (Fsp3) is 0.471. The molecular formula is C17H22N4O3. The number of nitrogens with zero attached hydrogens (tertiary/aromatic N) is 2. The van der Waals surface area contributed by atoms with Crippen LogP contribution in [0.4, 0.5) is 0 Å². The smallest absolute Gasteiger partial charge is 0.223 e. The number of aromatic amines is 1. The summed E-state index contributed by atoms with van der Waals surface area (Å²) in [5, 5.41) is 2.99. The lowest BCUT2D eigenvalue weighted by Crippen LogP contribution is -2.33. The van der Waals surface area contributed by atoms with E-state index in [1.807, 2.05) is 6.07 Å². The molecule has 2 aromatic heterocycles. The number of carbonyl (C=O) groups excluding carboxylic acids is 1. The fourth-order valence-electron chi connectivity index (χ4n) is 2.79. The van der Waals surface area contributed by atoms with E-state index in [9.17, 15) is 4.79 Å². The zero-order valence-corrected chi connectivity index (χ0v) is 13.7. The maximum Gasteiger partial charge on any atom is 0.223 e. The van der Waals surface area contributed by atoms with Gasteiger partial charge in [-0.05, 0) is 18.4 Å². The molecule has 0 fully saturated rings. The van der Waals surface area contributed by atoms with Gasteiger partial charge in [0.2, 0.25) is 11.8 Å². The lowest BCUT2D eigenvalue weighted by Gasteiger charge is -2.20. The van der Waals surface area contributed by atoms with Crippen molar-refractivity contribution in [2.45, 2.75) is 25.8 Å². The van der Waals surface area contributed by atoms with Crippen molar-refractivity contribution in [3.8, 4) is 5.88 Å². The minimum atomic E-state index is 0.00237. The van der Waals surface area contributed by atoms with Gasteiger partial charge in [0.1, 0.15) is 6.61 Å². The van der Waals surface area contributed by atoms with E-state index in [4.69, 9.17) is 9.47 Å². The first-order chi connectivity index (χ1) is 11.8. The van der Waals surface area contributed by atoms with Crippen molar-refractivity contribution in [1.29, 1.82) is 0 Å². The number of rotatable bonds is 7. The van der Waals surface area contributed by atoms with Crippen molar-refractivity contribution in [2.24, 2.45) is 5.92 Å². The highest BCUT2D eigenvalue weighted by atomic mass is 16.5. The van der Waals surface area contributed by atoms with E-state index in [0.717, 1.165) is 36.2 Å². The van der Waals surface area contributed by atoms with Gasteiger partial charge in [-0.1, -0.05) is 6.07 Å². The number of fused-ring (bicyclic) bond motifs is 1. The molecule has 1 aliphatic carbocycles. The Morgan fingerprint density at radius 3 is 3.08 bits per heavy atom. The van der Waals surface area contributed by atoms with E-state index in [2.05, 4.69) is 20.3 Å². The molecule has 1 atom stereocenters. The molecular weight excluding hydrogens is 308 g/mol. The Bertz CT molecular complexity index is 669. The van der Waals surface area contributed by atoms with Crippen molar-refractivity contribution >= 4 is 5.91 Å². The summed E-state index contributed by atoms with van der Waals surface area (Å²) < 4.78 is 10.3. The molecule has 0 unspecified atom stereocenters. The molecule has 24 heavy (non-hydrogen) atoms. The van der Waals surface area contributed by atoms with Crippen LogP contribution in [0.25, 0.3) is 0 Å². The summed E-state index contributed by atoms with van der Waals surface area (Å²) in [6.45, 7) is 1.46. The Hall–Kier alpha value is -2.41. The van der Waals surface area contributed by atoms with Crippen LogP contribution in [0.2, 0.25) is 0 Å². The second-order valence-electron chi connectivity index (χ2n) is 5.83. The monoisotopic (exact) mass is 330 g/mol. The predicted octanol–water partition coefficient (Wildman–Crippen LogP) is 1.25. The largest absolute Gasteiger partial charge is 0.475 e. The van der Waals surface area contributed by atoms with Crippen LogP contribution in [0.3, 0.4) is 0 Å². The Balaban J connectivity index is 1.46. The summed E-state index contributed by atoms with van der Waals surface area (Å²) in [4.78, 5) is 23.9. The number of aryl methyl sites for hydroxylation is 1. The van der Waals surface area contributed by atoms with Crippen molar-refractivity contribution in [2.75, 3.05) is 20.3 Å². The van der Waals surface area contributed by atoms with Gasteiger partial charge in [-0.3, -0.25) is 4.79 Å². The number of aromatic nitrogens is 3. The van der Waals surface area contributed by atoms with Gasteiger partial charge < -0.3 is 19.8 Å². The van der Waals surface area contributed by atoms with Crippen LogP contribution in [0.1, 0.15) is 23.4 Å². The molecule has 2 aromatic rings. The van der Waals surface area contributed by atoms with Gasteiger partial charge in [0.05, 0.1) is 18.6 Å². The average Bonchev–Trinajstić information content (AvgIpc) is 3.08. The number of carbonyl (C=O) groups is 1. The standard InChI is InChI=1S/C17H22N4O3/c1-23-6-7-24-16-5-2-12(9-18-16)10-19-17(22)13-3-4-14-15(8-13)21-11-20-14/h2,5,9,11,13H,3-4,6-8,10H2,1H3,(H,19,22)(H,20,21)/t13-/m0/s1. The van der Waals surface area contributed by atoms with Crippen molar-refractivity contribution in [3.05, 3.63) is 41.6 Å². The Labute approximate surface area is 140 Å². The third-order valence-electron chi connectivity index (χ3n) is 4.16. The van der Waals surface area contributed by atoms with Crippen LogP contribution in [0.5, 0.6) is 5.88 Å². The Kier molecular flexibility index (Phi) is 5.43. The molecule has 0 radical (unpaired) electrons. The maximum atomic E-state index is 12.3. The van der Waals surface area contributed by atoms with E-state index in [1.54, 1.807) is 25.7 Å². The molecule has 7 heteroatoms. The predicted molar refractivity (Wildman–Crippen MR) is 87.6 cm³/mol. The SMILES string of the molecule is COCCOc1ccc(CNC(=O)[C@H]2CCc3nc[nH]c3C2)cn1. The second-order valence-corrected chi connectivity index (χ2v) is 5.83. The first kappa shape index (κ1) is 16.4. The Morgan fingerprint density at radius 2 is 2.29 bits per heavy atom. The van der Waals surface area contributed by atoms with Gasteiger partial charge >= 0.3 is 0 Å². The van der Waals surface area contributed by atoms with Crippen LogP contribution >= 0.6 is 0 Å².